The van der Waals surface area contributed by atoms with Crippen LogP contribution in [0.25, 0.3) is 10.9 Å². The Morgan fingerprint density at radius 1 is 0.900 bits per heavy atom. The number of rotatable bonds is 12. The van der Waals surface area contributed by atoms with Gasteiger partial charge in [-0.25, -0.2) is 0 Å². The minimum absolute atomic E-state index is 0.0837. The number of carbonyl (C=O) groups excluding carboxylic acids is 1. The summed E-state index contributed by atoms with van der Waals surface area (Å²) in [6, 6.07) is 27.1. The summed E-state index contributed by atoms with van der Waals surface area (Å²) >= 11 is 0. The van der Waals surface area contributed by atoms with Gasteiger partial charge in [0.15, 0.2) is 0 Å². The van der Waals surface area contributed by atoms with Gasteiger partial charge >= 0.3 is 0 Å². The molecule has 1 amide bonds. The van der Waals surface area contributed by atoms with Crippen LogP contribution in [0.15, 0.2) is 85.1 Å². The van der Waals surface area contributed by atoms with Crippen molar-refractivity contribution in [3.05, 3.63) is 107 Å². The Morgan fingerprint density at radius 2 is 1.57 bits per heavy atom. The maximum absolute atomic E-state index is 13.8. The number of benzene rings is 3. The highest BCUT2D eigenvalue weighted by molar-refractivity contribution is 5.83. The molecule has 0 spiro atoms. The lowest BCUT2D eigenvalue weighted by atomic mass is 9.87. The zero-order chi connectivity index (χ0) is 28.7. The van der Waals surface area contributed by atoms with E-state index in [1.165, 1.54) is 16.5 Å². The van der Waals surface area contributed by atoms with Crippen molar-refractivity contribution in [2.45, 2.75) is 71.6 Å². The van der Waals surface area contributed by atoms with Crippen molar-refractivity contribution in [3.8, 4) is 0 Å². The van der Waals surface area contributed by atoms with E-state index >= 15 is 0 Å². The first-order valence-corrected chi connectivity index (χ1v) is 14.5. The SMILES string of the molecule is CC(C)N(CC(=O)N(CCc1c[nH]c2ccccc12)Cc1ccc(C(C)(C)C)cc1)C[C@H](O)Cc1ccccc1. The molecule has 1 atom stereocenters. The molecule has 4 rings (SSSR count). The van der Waals surface area contributed by atoms with Crippen molar-refractivity contribution >= 4 is 16.8 Å². The molecule has 5 nitrogen and oxygen atoms in total. The largest absolute Gasteiger partial charge is 0.391 e. The van der Waals surface area contributed by atoms with Crippen molar-refractivity contribution in [2.24, 2.45) is 0 Å². The predicted molar refractivity (Wildman–Crippen MR) is 165 cm³/mol. The number of H-pyrrole nitrogens is 1. The summed E-state index contributed by atoms with van der Waals surface area (Å²) in [5.74, 6) is 0.0837. The average molecular weight is 540 g/mol. The molecule has 212 valence electrons. The number of aliphatic hydroxyl groups is 1. The third-order valence-corrected chi connectivity index (χ3v) is 7.70. The second kappa shape index (κ2) is 13.3. The van der Waals surface area contributed by atoms with Crippen molar-refractivity contribution in [1.29, 1.82) is 0 Å². The van der Waals surface area contributed by atoms with Crippen LogP contribution in [-0.2, 0) is 29.6 Å². The summed E-state index contributed by atoms with van der Waals surface area (Å²) in [4.78, 5) is 21.3. The summed E-state index contributed by atoms with van der Waals surface area (Å²) in [7, 11) is 0. The molecule has 0 saturated heterocycles. The van der Waals surface area contributed by atoms with Crippen LogP contribution in [-0.4, -0.2) is 57.6 Å². The topological polar surface area (TPSA) is 59.6 Å². The van der Waals surface area contributed by atoms with E-state index in [-0.39, 0.29) is 23.9 Å². The standard InChI is InChI=1S/C35H45N3O2/c1-26(2)38(24-31(39)21-27-11-7-6-8-12-27)25-34(40)37(23-28-15-17-30(18-16-28)35(3,4)5)20-19-29-22-36-33-14-10-9-13-32(29)33/h6-18,22,26,31,36,39H,19-21,23-25H2,1-5H3/t31-/m1/s1. The molecule has 5 heteroatoms. The summed E-state index contributed by atoms with van der Waals surface area (Å²) in [6.45, 7) is 12.7. The van der Waals surface area contributed by atoms with Crippen LogP contribution < -0.4 is 0 Å². The maximum atomic E-state index is 13.8. The quantitative estimate of drug-likeness (QED) is 0.221. The van der Waals surface area contributed by atoms with E-state index in [9.17, 15) is 9.90 Å². The van der Waals surface area contributed by atoms with Gasteiger partial charge in [0, 0.05) is 42.8 Å². The van der Waals surface area contributed by atoms with E-state index in [1.807, 2.05) is 41.3 Å². The number of fused-ring (bicyclic) bond motifs is 1. The molecule has 1 aromatic heterocycles. The van der Waals surface area contributed by atoms with Crippen molar-refractivity contribution < 1.29 is 9.90 Å². The van der Waals surface area contributed by atoms with Crippen LogP contribution in [0.5, 0.6) is 0 Å². The zero-order valence-electron chi connectivity index (χ0n) is 24.7. The minimum Gasteiger partial charge on any atom is -0.391 e. The monoisotopic (exact) mass is 539 g/mol. The van der Waals surface area contributed by atoms with E-state index in [0.717, 1.165) is 23.1 Å². The van der Waals surface area contributed by atoms with Crippen LogP contribution in [0.3, 0.4) is 0 Å². The highest BCUT2D eigenvalue weighted by Crippen LogP contribution is 2.23. The van der Waals surface area contributed by atoms with Crippen LogP contribution in [0.2, 0.25) is 0 Å². The van der Waals surface area contributed by atoms with Gasteiger partial charge in [0.05, 0.1) is 12.6 Å². The Bertz CT molecular complexity index is 1350. The summed E-state index contributed by atoms with van der Waals surface area (Å²) in [6.07, 6.45) is 2.87. The number of nitrogens with zero attached hydrogens (tertiary/aromatic N) is 2. The van der Waals surface area contributed by atoms with Crippen LogP contribution >= 0.6 is 0 Å². The third kappa shape index (κ3) is 8.06. The number of aromatic nitrogens is 1. The molecule has 2 N–H and O–H groups in total. The fourth-order valence-corrected chi connectivity index (χ4v) is 5.17. The first-order chi connectivity index (χ1) is 19.1. The molecule has 3 aromatic carbocycles. The second-order valence-electron chi connectivity index (χ2n) is 12.2. The van der Waals surface area contributed by atoms with Crippen LogP contribution in [0.1, 0.15) is 56.9 Å². The van der Waals surface area contributed by atoms with E-state index in [0.29, 0.717) is 26.1 Å². The second-order valence-corrected chi connectivity index (χ2v) is 12.2. The Balaban J connectivity index is 1.48. The summed E-state index contributed by atoms with van der Waals surface area (Å²) in [5, 5.41) is 12.1. The van der Waals surface area contributed by atoms with Crippen molar-refractivity contribution in [2.75, 3.05) is 19.6 Å². The van der Waals surface area contributed by atoms with Crippen molar-refractivity contribution in [1.82, 2.24) is 14.8 Å². The van der Waals surface area contributed by atoms with Crippen LogP contribution in [0, 0.1) is 0 Å². The van der Waals surface area contributed by atoms with Crippen molar-refractivity contribution in [3.63, 3.8) is 0 Å². The molecule has 0 unspecified atom stereocenters. The number of aliphatic hydroxyl groups excluding tert-OH is 1. The lowest BCUT2D eigenvalue weighted by Crippen LogP contribution is -2.46. The minimum atomic E-state index is -0.540. The lowest BCUT2D eigenvalue weighted by molar-refractivity contribution is -0.133. The lowest BCUT2D eigenvalue weighted by Gasteiger charge is -2.31. The molecule has 0 aliphatic carbocycles. The average Bonchev–Trinajstić information content (AvgIpc) is 3.34. The fourth-order valence-electron chi connectivity index (χ4n) is 5.17. The molecule has 0 radical (unpaired) electrons. The highest BCUT2D eigenvalue weighted by atomic mass is 16.3. The molecule has 40 heavy (non-hydrogen) atoms. The first kappa shape index (κ1) is 29.6. The molecule has 0 bridgehead atoms. The fraction of sp³-hybridized carbons (Fsp3) is 0.400. The van der Waals surface area contributed by atoms with E-state index < -0.39 is 6.10 Å². The zero-order valence-corrected chi connectivity index (χ0v) is 24.7. The smallest absolute Gasteiger partial charge is 0.237 e. The van der Waals surface area contributed by atoms with Gasteiger partial charge in [-0.3, -0.25) is 9.69 Å². The molecule has 4 aromatic rings. The molecular formula is C35H45N3O2. The van der Waals surface area contributed by atoms with Gasteiger partial charge in [0.25, 0.3) is 0 Å². The Labute approximate surface area is 239 Å². The van der Waals surface area contributed by atoms with Gasteiger partial charge in [0.1, 0.15) is 0 Å². The number of nitrogens with one attached hydrogen (secondary N) is 1. The van der Waals surface area contributed by atoms with Gasteiger partial charge in [0.2, 0.25) is 5.91 Å². The number of hydrogen-bond acceptors (Lipinski definition) is 3. The normalized spacial score (nSPS) is 12.8. The summed E-state index contributed by atoms with van der Waals surface area (Å²) < 4.78 is 0. The molecule has 0 aliphatic heterocycles. The van der Waals surface area contributed by atoms with E-state index in [4.69, 9.17) is 0 Å². The van der Waals surface area contributed by atoms with Gasteiger partial charge in [-0.2, -0.15) is 0 Å². The van der Waals surface area contributed by atoms with E-state index in [1.54, 1.807) is 0 Å². The number of para-hydroxylation sites is 1. The maximum Gasteiger partial charge on any atom is 0.237 e. The first-order valence-electron chi connectivity index (χ1n) is 14.5. The predicted octanol–water partition coefficient (Wildman–Crippen LogP) is 6.35. The molecule has 0 saturated carbocycles. The molecule has 0 aliphatic rings. The van der Waals surface area contributed by atoms with Gasteiger partial charge in [-0.15, -0.1) is 0 Å². The van der Waals surface area contributed by atoms with E-state index in [2.05, 4.69) is 93.2 Å². The number of hydrogen-bond donors (Lipinski definition) is 2. The van der Waals surface area contributed by atoms with Crippen LogP contribution in [0.4, 0.5) is 0 Å². The van der Waals surface area contributed by atoms with Gasteiger partial charge < -0.3 is 15.0 Å². The number of amides is 1. The molecular weight excluding hydrogens is 494 g/mol. The Hall–Kier alpha value is -3.41. The molecule has 0 fully saturated rings. The number of aromatic amines is 1. The Kier molecular flexibility index (Phi) is 9.83. The number of carbonyl (C=O) groups is 1. The third-order valence-electron chi connectivity index (χ3n) is 7.70. The van der Waals surface area contributed by atoms with Gasteiger partial charge in [-0.1, -0.05) is 93.6 Å². The van der Waals surface area contributed by atoms with Gasteiger partial charge in [-0.05, 0) is 60.4 Å². The highest BCUT2D eigenvalue weighted by Gasteiger charge is 2.23. The summed E-state index contributed by atoms with van der Waals surface area (Å²) in [5.41, 5.74) is 5.93. The molecule has 1 heterocycles. The Morgan fingerprint density at radius 3 is 2.25 bits per heavy atom.